The van der Waals surface area contributed by atoms with Gasteiger partial charge < -0.3 is 4.74 Å². The number of halogens is 6. The van der Waals surface area contributed by atoms with E-state index >= 15 is 8.78 Å². The van der Waals surface area contributed by atoms with Gasteiger partial charge in [-0.1, -0.05) is 48.5 Å². The lowest BCUT2D eigenvalue weighted by Crippen LogP contribution is -2.36. The third kappa shape index (κ3) is 5.64. The first kappa shape index (κ1) is 28.2. The van der Waals surface area contributed by atoms with Crippen LogP contribution >= 0.6 is 0 Å². The second-order valence-electron chi connectivity index (χ2n) is 8.52. The number of primary sulfonamides is 1. The zero-order chi connectivity index (χ0) is 28.6. The summed E-state index contributed by atoms with van der Waals surface area (Å²) < 4.78 is 115. The largest absolute Gasteiger partial charge is 0.494 e. The Hall–Kier alpha value is -3.84. The minimum absolute atomic E-state index is 0.00584. The maximum Gasteiger partial charge on any atom is 0.459 e. The highest BCUT2D eigenvalue weighted by Gasteiger charge is 2.62. The molecule has 0 unspecified atom stereocenters. The van der Waals surface area contributed by atoms with Gasteiger partial charge in [0.05, 0.1) is 12.0 Å². The van der Waals surface area contributed by atoms with E-state index in [1.54, 1.807) is 30.3 Å². The van der Waals surface area contributed by atoms with Crippen molar-refractivity contribution in [2.75, 3.05) is 7.11 Å². The number of rotatable bonds is 8. The SMILES string of the molecule is COc1ccc(-c2c(-c3ccc(S(N)(=O)=O)cc3)nn(CCc3ccccc3)c2C(F)(F)C(F)(F)F)cc1F. The fourth-order valence-electron chi connectivity index (χ4n) is 4.06. The van der Waals surface area contributed by atoms with Gasteiger partial charge in [-0.25, -0.2) is 17.9 Å². The maximum absolute atomic E-state index is 15.2. The number of sulfonamides is 1. The first-order chi connectivity index (χ1) is 18.2. The number of hydrogen-bond acceptors (Lipinski definition) is 4. The van der Waals surface area contributed by atoms with Crippen LogP contribution in [0.3, 0.4) is 0 Å². The zero-order valence-electron chi connectivity index (χ0n) is 20.2. The lowest BCUT2D eigenvalue weighted by atomic mass is 9.96. The van der Waals surface area contributed by atoms with Gasteiger partial charge in [0.2, 0.25) is 10.0 Å². The minimum Gasteiger partial charge on any atom is -0.494 e. The van der Waals surface area contributed by atoms with Gasteiger partial charge in [-0.15, -0.1) is 0 Å². The standard InChI is InChI=1S/C26H21F6N3O3S/c1-38-21-12-9-18(15-20(21)27)22-23(17-7-10-19(11-8-17)39(33,36)37)34-35(14-13-16-5-3-2-4-6-16)24(22)25(28,29)26(30,31)32/h2-12,15H,13-14H2,1H3,(H2,33,36,37). The highest BCUT2D eigenvalue weighted by atomic mass is 32.2. The number of alkyl halides is 5. The molecule has 6 nitrogen and oxygen atoms in total. The van der Waals surface area contributed by atoms with Crippen molar-refractivity contribution < 1.29 is 39.5 Å². The molecule has 0 saturated carbocycles. The van der Waals surface area contributed by atoms with Gasteiger partial charge in [-0.3, -0.25) is 4.68 Å². The van der Waals surface area contributed by atoms with Crippen molar-refractivity contribution in [1.82, 2.24) is 9.78 Å². The first-order valence-electron chi connectivity index (χ1n) is 11.3. The van der Waals surface area contributed by atoms with Crippen LogP contribution < -0.4 is 9.88 Å². The quantitative estimate of drug-likeness (QED) is 0.268. The number of benzene rings is 3. The van der Waals surface area contributed by atoms with E-state index in [0.717, 1.165) is 30.3 Å². The Labute approximate surface area is 219 Å². The Bertz CT molecular complexity index is 1590. The summed E-state index contributed by atoms with van der Waals surface area (Å²) in [7, 11) is -2.95. The van der Waals surface area contributed by atoms with Gasteiger partial charge in [0, 0.05) is 17.7 Å². The highest BCUT2D eigenvalue weighted by molar-refractivity contribution is 7.89. The summed E-state index contributed by atoms with van der Waals surface area (Å²) in [5, 5.41) is 9.23. The van der Waals surface area contributed by atoms with Gasteiger partial charge >= 0.3 is 12.1 Å². The van der Waals surface area contributed by atoms with Gasteiger partial charge in [0.1, 0.15) is 11.4 Å². The van der Waals surface area contributed by atoms with E-state index < -0.39 is 39.2 Å². The Morgan fingerprint density at radius 3 is 2.08 bits per heavy atom. The molecular formula is C26H21F6N3O3S. The molecule has 0 bridgehead atoms. The molecule has 1 heterocycles. The van der Waals surface area contributed by atoms with Gasteiger partial charge in [-0.05, 0) is 41.8 Å². The zero-order valence-corrected chi connectivity index (χ0v) is 21.0. The molecule has 0 aliphatic carbocycles. The van der Waals surface area contributed by atoms with Crippen molar-refractivity contribution in [2.24, 2.45) is 5.14 Å². The monoisotopic (exact) mass is 569 g/mol. The van der Waals surface area contributed by atoms with Crippen LogP contribution in [0.25, 0.3) is 22.4 Å². The van der Waals surface area contributed by atoms with Crippen LogP contribution in [-0.2, 0) is 28.9 Å². The molecular weight excluding hydrogens is 548 g/mol. The predicted octanol–water partition coefficient (Wildman–Crippen LogP) is 5.91. The fraction of sp³-hybridized carbons (Fsp3) is 0.192. The number of hydrogen-bond donors (Lipinski definition) is 1. The Morgan fingerprint density at radius 1 is 0.923 bits per heavy atom. The Kier molecular flexibility index (Phi) is 7.50. The molecule has 4 rings (SSSR count). The van der Waals surface area contributed by atoms with E-state index in [9.17, 15) is 26.0 Å². The van der Waals surface area contributed by atoms with E-state index in [2.05, 4.69) is 5.10 Å². The normalized spacial score (nSPS) is 12.5. The summed E-state index contributed by atoms with van der Waals surface area (Å²) >= 11 is 0. The summed E-state index contributed by atoms with van der Waals surface area (Å²) in [5.41, 5.74) is -2.15. The molecule has 0 radical (unpaired) electrons. The van der Waals surface area contributed by atoms with Crippen molar-refractivity contribution in [3.63, 3.8) is 0 Å². The van der Waals surface area contributed by atoms with E-state index in [0.29, 0.717) is 10.2 Å². The van der Waals surface area contributed by atoms with E-state index in [1.807, 2.05) is 0 Å². The lowest BCUT2D eigenvalue weighted by Gasteiger charge is -2.22. The predicted molar refractivity (Wildman–Crippen MR) is 131 cm³/mol. The van der Waals surface area contributed by atoms with Crippen LogP contribution in [0.5, 0.6) is 5.75 Å². The van der Waals surface area contributed by atoms with Crippen LogP contribution in [0.1, 0.15) is 11.3 Å². The fourth-order valence-corrected chi connectivity index (χ4v) is 4.57. The average molecular weight is 570 g/mol. The molecule has 0 fully saturated rings. The molecule has 0 saturated heterocycles. The molecule has 206 valence electrons. The summed E-state index contributed by atoms with van der Waals surface area (Å²) in [6, 6.07) is 15.9. The number of aryl methyl sites for hydroxylation is 2. The molecule has 3 aromatic carbocycles. The molecule has 13 heteroatoms. The molecule has 0 amide bonds. The van der Waals surface area contributed by atoms with Crippen molar-refractivity contribution in [1.29, 1.82) is 0 Å². The molecule has 39 heavy (non-hydrogen) atoms. The smallest absolute Gasteiger partial charge is 0.459 e. The van der Waals surface area contributed by atoms with Crippen molar-refractivity contribution >= 4 is 10.0 Å². The third-order valence-electron chi connectivity index (χ3n) is 5.96. The number of aromatic nitrogens is 2. The highest BCUT2D eigenvalue weighted by Crippen LogP contribution is 2.50. The van der Waals surface area contributed by atoms with Gasteiger partial charge in [0.25, 0.3) is 0 Å². The second kappa shape index (κ2) is 10.4. The number of ether oxygens (including phenoxy) is 1. The minimum atomic E-state index is -6.01. The van der Waals surface area contributed by atoms with Crippen molar-refractivity contribution in [3.05, 3.63) is 89.9 Å². The number of nitrogens with zero attached hydrogens (tertiary/aromatic N) is 2. The summed E-state index contributed by atoms with van der Waals surface area (Å²) in [4.78, 5) is -0.312. The summed E-state index contributed by atoms with van der Waals surface area (Å²) in [6.45, 7) is -0.369. The van der Waals surface area contributed by atoms with Gasteiger partial charge in [-0.2, -0.15) is 27.1 Å². The first-order valence-corrected chi connectivity index (χ1v) is 12.9. The molecule has 2 N–H and O–H groups in total. The van der Waals surface area contributed by atoms with Crippen molar-refractivity contribution in [3.8, 4) is 28.1 Å². The molecule has 0 atom stereocenters. The van der Waals surface area contributed by atoms with Crippen LogP contribution in [0.15, 0.2) is 77.7 Å². The van der Waals surface area contributed by atoms with E-state index in [-0.39, 0.29) is 40.4 Å². The van der Waals surface area contributed by atoms with Crippen LogP contribution in [0.4, 0.5) is 26.3 Å². The summed E-state index contributed by atoms with van der Waals surface area (Å²) in [6.07, 6.45) is -5.95. The molecule has 0 aliphatic rings. The third-order valence-corrected chi connectivity index (χ3v) is 6.89. The topological polar surface area (TPSA) is 87.2 Å². The van der Waals surface area contributed by atoms with Crippen LogP contribution in [-0.4, -0.2) is 31.5 Å². The Morgan fingerprint density at radius 2 is 1.54 bits per heavy atom. The maximum atomic E-state index is 15.2. The number of nitrogens with two attached hydrogens (primary N) is 1. The Balaban J connectivity index is 2.01. The average Bonchev–Trinajstić information content (AvgIpc) is 3.27. The molecule has 0 spiro atoms. The summed E-state index contributed by atoms with van der Waals surface area (Å²) in [5.74, 6) is -6.64. The second-order valence-corrected chi connectivity index (χ2v) is 10.1. The molecule has 0 aliphatic heterocycles. The molecule has 4 aromatic rings. The van der Waals surface area contributed by atoms with Crippen molar-refractivity contribution in [2.45, 2.75) is 30.0 Å². The van der Waals surface area contributed by atoms with Crippen LogP contribution in [0.2, 0.25) is 0 Å². The van der Waals surface area contributed by atoms with Crippen LogP contribution in [0, 0.1) is 5.82 Å². The van der Waals surface area contributed by atoms with Gasteiger partial charge in [0.15, 0.2) is 11.6 Å². The van der Waals surface area contributed by atoms with E-state index in [4.69, 9.17) is 9.88 Å². The lowest BCUT2D eigenvalue weighted by molar-refractivity contribution is -0.291. The molecule has 1 aromatic heterocycles. The number of methoxy groups -OCH3 is 1. The van der Waals surface area contributed by atoms with E-state index in [1.165, 1.54) is 19.2 Å².